The molecule has 2 aromatic rings. The fourth-order valence-electron chi connectivity index (χ4n) is 6.51. The summed E-state index contributed by atoms with van der Waals surface area (Å²) in [5, 5.41) is 20.2. The Morgan fingerprint density at radius 2 is 1.25 bits per heavy atom. The topological polar surface area (TPSA) is 40.5 Å². The van der Waals surface area contributed by atoms with E-state index in [1.54, 1.807) is 0 Å². The number of fused-ring (bicyclic) bond motifs is 2. The highest BCUT2D eigenvalue weighted by Gasteiger charge is 2.55. The van der Waals surface area contributed by atoms with Crippen LogP contribution < -0.4 is 0 Å². The quantitative estimate of drug-likeness (QED) is 0.626. The van der Waals surface area contributed by atoms with Gasteiger partial charge in [0.2, 0.25) is 0 Å². The lowest BCUT2D eigenvalue weighted by Crippen LogP contribution is -2.52. The fraction of sp³-hybridized carbons (Fsp3) is 0.538. The highest BCUT2D eigenvalue weighted by molar-refractivity contribution is 5.44. The maximum Gasteiger partial charge on any atom is 0.118 e. The van der Waals surface area contributed by atoms with Gasteiger partial charge in [0, 0.05) is 0 Å². The van der Waals surface area contributed by atoms with E-state index < -0.39 is 0 Å². The van der Waals surface area contributed by atoms with Crippen molar-refractivity contribution in [3.63, 3.8) is 0 Å². The van der Waals surface area contributed by atoms with Crippen molar-refractivity contribution in [1.29, 1.82) is 0 Å². The van der Waals surface area contributed by atoms with Gasteiger partial charge in [-0.2, -0.15) is 0 Å². The molecule has 0 amide bonds. The molecule has 2 aliphatic carbocycles. The standard InChI is InChI=1S/C26H34O2/c1-5-24(4)15-25(20-7-9-22(27)18(2)13-20)11-6-12-26(16-24,17-25)21-8-10-23(28)19(3)14-21/h7-10,13-14,27-28H,5-6,11-12,15-17H2,1-4H3. The van der Waals surface area contributed by atoms with Gasteiger partial charge in [-0.1, -0.05) is 51.0 Å². The lowest BCUT2D eigenvalue weighted by molar-refractivity contribution is 0.0150. The van der Waals surface area contributed by atoms with Crippen LogP contribution in [0.4, 0.5) is 0 Å². The summed E-state index contributed by atoms with van der Waals surface area (Å²) in [6, 6.07) is 12.6. The number of hydrogen-bond acceptors (Lipinski definition) is 2. The molecular formula is C26H34O2. The van der Waals surface area contributed by atoms with E-state index in [4.69, 9.17) is 0 Å². The molecule has 0 aromatic heterocycles. The van der Waals surface area contributed by atoms with Crippen LogP contribution >= 0.6 is 0 Å². The van der Waals surface area contributed by atoms with Gasteiger partial charge in [-0.05, 0) is 96.6 Å². The summed E-state index contributed by atoms with van der Waals surface area (Å²) in [7, 11) is 0. The first-order chi connectivity index (χ1) is 13.2. The van der Waals surface area contributed by atoms with Crippen molar-refractivity contribution in [3.8, 4) is 11.5 Å². The molecule has 2 unspecified atom stereocenters. The predicted octanol–water partition coefficient (Wildman–Crippen LogP) is 6.67. The first-order valence-electron chi connectivity index (χ1n) is 10.8. The van der Waals surface area contributed by atoms with Crippen molar-refractivity contribution in [2.75, 3.05) is 0 Å². The average Bonchev–Trinajstić information content (AvgIpc) is 2.65. The SMILES string of the molecule is CCC1(C)CC2(c3ccc(O)c(C)c3)CCCC(c3ccc(O)c(C)c3)(C1)C2. The highest BCUT2D eigenvalue weighted by atomic mass is 16.3. The molecule has 2 atom stereocenters. The van der Waals surface area contributed by atoms with E-state index in [1.165, 1.54) is 56.1 Å². The van der Waals surface area contributed by atoms with Gasteiger partial charge < -0.3 is 10.2 Å². The van der Waals surface area contributed by atoms with Crippen LogP contribution in [0.2, 0.25) is 0 Å². The van der Waals surface area contributed by atoms with Crippen molar-refractivity contribution < 1.29 is 10.2 Å². The van der Waals surface area contributed by atoms with Crippen molar-refractivity contribution in [2.24, 2.45) is 5.41 Å². The molecule has 2 aliphatic rings. The number of rotatable bonds is 3. The van der Waals surface area contributed by atoms with Crippen molar-refractivity contribution >= 4 is 0 Å². The van der Waals surface area contributed by atoms with Gasteiger partial charge in [-0.25, -0.2) is 0 Å². The number of hydrogen-bond donors (Lipinski definition) is 2. The van der Waals surface area contributed by atoms with Crippen LogP contribution in [0.3, 0.4) is 0 Å². The number of phenolic OH excluding ortho intramolecular Hbond substituents is 2. The molecule has 2 fully saturated rings. The Morgan fingerprint density at radius 3 is 1.64 bits per heavy atom. The van der Waals surface area contributed by atoms with E-state index >= 15 is 0 Å². The summed E-state index contributed by atoms with van der Waals surface area (Å²) in [5.41, 5.74) is 5.41. The minimum Gasteiger partial charge on any atom is -0.508 e. The summed E-state index contributed by atoms with van der Waals surface area (Å²) in [6.07, 6.45) is 8.49. The van der Waals surface area contributed by atoms with Crippen LogP contribution in [0.25, 0.3) is 0 Å². The minimum absolute atomic E-state index is 0.172. The molecule has 2 bridgehead atoms. The molecule has 2 saturated carbocycles. The smallest absolute Gasteiger partial charge is 0.118 e. The van der Waals surface area contributed by atoms with Gasteiger partial charge in [-0.3, -0.25) is 0 Å². The number of aromatic hydroxyl groups is 2. The Hall–Kier alpha value is -1.96. The summed E-state index contributed by atoms with van der Waals surface area (Å²) < 4.78 is 0. The Morgan fingerprint density at radius 1 is 0.786 bits per heavy atom. The molecule has 0 radical (unpaired) electrons. The van der Waals surface area contributed by atoms with Crippen LogP contribution in [0.5, 0.6) is 11.5 Å². The first kappa shape index (κ1) is 19.4. The van der Waals surface area contributed by atoms with Crippen LogP contribution in [0.1, 0.15) is 81.0 Å². The van der Waals surface area contributed by atoms with E-state index in [1.807, 2.05) is 26.0 Å². The monoisotopic (exact) mass is 378 g/mol. The molecule has 0 saturated heterocycles. The maximum atomic E-state index is 10.1. The summed E-state index contributed by atoms with van der Waals surface area (Å²) in [4.78, 5) is 0. The maximum absolute atomic E-state index is 10.1. The third-order valence-corrected chi connectivity index (χ3v) is 7.99. The lowest BCUT2D eigenvalue weighted by Gasteiger charge is -2.59. The van der Waals surface area contributed by atoms with E-state index in [0.29, 0.717) is 16.9 Å². The number of benzene rings is 2. The number of aryl methyl sites for hydroxylation is 2. The third kappa shape index (κ3) is 3.02. The Labute approximate surface area is 169 Å². The first-order valence-corrected chi connectivity index (χ1v) is 10.8. The largest absolute Gasteiger partial charge is 0.508 e. The normalized spacial score (nSPS) is 32.3. The molecule has 0 spiro atoms. The van der Waals surface area contributed by atoms with Gasteiger partial charge in [0.05, 0.1) is 0 Å². The van der Waals surface area contributed by atoms with E-state index in [2.05, 4.69) is 38.1 Å². The van der Waals surface area contributed by atoms with Crippen molar-refractivity contribution in [1.82, 2.24) is 0 Å². The van der Waals surface area contributed by atoms with E-state index in [9.17, 15) is 10.2 Å². The van der Waals surface area contributed by atoms with Crippen LogP contribution in [-0.4, -0.2) is 10.2 Å². The van der Waals surface area contributed by atoms with Crippen LogP contribution in [-0.2, 0) is 10.8 Å². The molecule has 2 nitrogen and oxygen atoms in total. The second kappa shape index (κ2) is 6.54. The van der Waals surface area contributed by atoms with Gasteiger partial charge in [0.1, 0.15) is 11.5 Å². The molecule has 28 heavy (non-hydrogen) atoms. The van der Waals surface area contributed by atoms with Gasteiger partial charge in [0.15, 0.2) is 0 Å². The number of phenols is 2. The zero-order valence-electron chi connectivity index (χ0n) is 17.8. The summed E-state index contributed by atoms with van der Waals surface area (Å²) >= 11 is 0. The molecule has 4 rings (SSSR count). The second-order valence-electron chi connectivity index (χ2n) is 10.1. The summed E-state index contributed by atoms with van der Waals surface area (Å²) in [6.45, 7) is 8.83. The molecule has 0 aliphatic heterocycles. The third-order valence-electron chi connectivity index (χ3n) is 7.99. The van der Waals surface area contributed by atoms with Gasteiger partial charge in [-0.15, -0.1) is 0 Å². The second-order valence-corrected chi connectivity index (χ2v) is 10.1. The Bertz CT molecular complexity index is 832. The predicted molar refractivity (Wildman–Crippen MR) is 115 cm³/mol. The van der Waals surface area contributed by atoms with Crippen molar-refractivity contribution in [3.05, 3.63) is 58.7 Å². The Kier molecular flexibility index (Phi) is 4.52. The zero-order valence-corrected chi connectivity index (χ0v) is 17.8. The van der Waals surface area contributed by atoms with Gasteiger partial charge in [0.25, 0.3) is 0 Å². The molecule has 150 valence electrons. The highest BCUT2D eigenvalue weighted by Crippen LogP contribution is 2.63. The molecule has 2 N–H and O–H groups in total. The average molecular weight is 379 g/mol. The Balaban J connectivity index is 1.86. The van der Waals surface area contributed by atoms with Crippen LogP contribution in [0, 0.1) is 19.3 Å². The molecule has 2 aromatic carbocycles. The minimum atomic E-state index is 0.172. The van der Waals surface area contributed by atoms with Crippen LogP contribution in [0.15, 0.2) is 36.4 Å². The van der Waals surface area contributed by atoms with Crippen molar-refractivity contribution in [2.45, 2.75) is 83.5 Å². The molecular weight excluding hydrogens is 344 g/mol. The molecule has 2 heteroatoms. The van der Waals surface area contributed by atoms with Gasteiger partial charge >= 0.3 is 0 Å². The fourth-order valence-corrected chi connectivity index (χ4v) is 6.51. The van der Waals surface area contributed by atoms with E-state index in [-0.39, 0.29) is 10.8 Å². The summed E-state index contributed by atoms with van der Waals surface area (Å²) in [5.74, 6) is 0.788. The van der Waals surface area contributed by atoms with E-state index in [0.717, 1.165) is 11.1 Å². The lowest BCUT2D eigenvalue weighted by atomic mass is 9.45. The molecule has 0 heterocycles. The zero-order chi connectivity index (χ0) is 20.2.